The lowest BCUT2D eigenvalue weighted by Crippen LogP contribution is -2.42. The number of aromatic amines is 1. The fourth-order valence-electron chi connectivity index (χ4n) is 2.96. The van der Waals surface area contributed by atoms with E-state index in [0.29, 0.717) is 18.0 Å². The zero-order valence-electron chi connectivity index (χ0n) is 10.2. The summed E-state index contributed by atoms with van der Waals surface area (Å²) in [4.78, 5) is 5.96. The molecule has 0 radical (unpaired) electrons. The third-order valence-electron chi connectivity index (χ3n) is 3.74. The summed E-state index contributed by atoms with van der Waals surface area (Å²) >= 11 is 0. The van der Waals surface area contributed by atoms with E-state index in [1.165, 1.54) is 24.1 Å². The third kappa shape index (κ3) is 1.71. The molecule has 1 aliphatic rings. The second-order valence-corrected chi connectivity index (χ2v) is 5.03. The first-order valence-electron chi connectivity index (χ1n) is 6.03. The largest absolute Gasteiger partial charge is 0.365 e. The van der Waals surface area contributed by atoms with E-state index in [1.54, 1.807) is 0 Å². The van der Waals surface area contributed by atoms with Gasteiger partial charge in [0.2, 0.25) is 0 Å². The predicted octanol–water partition coefficient (Wildman–Crippen LogP) is 2.98. The van der Waals surface area contributed by atoms with Crippen molar-refractivity contribution in [2.75, 3.05) is 7.05 Å². The Bertz CT molecular complexity index is 327. The van der Waals surface area contributed by atoms with Gasteiger partial charge < -0.3 is 4.98 Å². The van der Waals surface area contributed by atoms with Crippen LogP contribution in [0.3, 0.4) is 0 Å². The molecule has 2 rings (SSSR count). The Morgan fingerprint density at radius 1 is 1.53 bits per heavy atom. The summed E-state index contributed by atoms with van der Waals surface area (Å²) in [6.45, 7) is 6.92. The van der Waals surface area contributed by atoms with Gasteiger partial charge in [-0.1, -0.05) is 20.8 Å². The summed E-state index contributed by atoms with van der Waals surface area (Å²) in [5, 5.41) is 0. The average Bonchev–Trinajstić information content (AvgIpc) is 2.63. The van der Waals surface area contributed by atoms with E-state index in [0.717, 1.165) is 0 Å². The monoisotopic (exact) mass is 206 g/mol. The van der Waals surface area contributed by atoms with Crippen LogP contribution >= 0.6 is 0 Å². The summed E-state index contributed by atoms with van der Waals surface area (Å²) in [5.74, 6) is 0.680. The normalized spacial score (nSPS) is 27.0. The number of H-pyrrole nitrogens is 1. The third-order valence-corrected chi connectivity index (χ3v) is 3.74. The Kier molecular flexibility index (Phi) is 2.87. The zero-order valence-corrected chi connectivity index (χ0v) is 10.2. The van der Waals surface area contributed by atoms with Crippen LogP contribution in [0.5, 0.6) is 0 Å². The van der Waals surface area contributed by atoms with Crippen molar-refractivity contribution in [1.82, 2.24) is 9.88 Å². The fourth-order valence-corrected chi connectivity index (χ4v) is 2.96. The van der Waals surface area contributed by atoms with Crippen molar-refractivity contribution in [2.45, 2.75) is 45.7 Å². The molecular formula is C13H22N2. The lowest BCUT2D eigenvalue weighted by Gasteiger charge is -2.41. The number of nitrogens with one attached hydrogen (secondary N) is 1. The number of likely N-dealkylation sites (N-methyl/N-ethyl adjacent to an activating group) is 1. The standard InChI is InChI=1S/C13H22N2/c1-5-10-8-12-11(6-7-14-12)13(9(2)3)15(10)4/h6-7,9-10,13-14H,5,8H2,1-4H3/t10-,13-/m1/s1. The van der Waals surface area contributed by atoms with Gasteiger partial charge in [0.25, 0.3) is 0 Å². The minimum Gasteiger partial charge on any atom is -0.365 e. The zero-order chi connectivity index (χ0) is 11.0. The highest BCUT2D eigenvalue weighted by atomic mass is 15.2. The molecule has 0 spiro atoms. The van der Waals surface area contributed by atoms with E-state index in [9.17, 15) is 0 Å². The number of hydrogen-bond donors (Lipinski definition) is 1. The highest BCUT2D eigenvalue weighted by Gasteiger charge is 2.33. The molecule has 1 aromatic rings. The van der Waals surface area contributed by atoms with Crippen molar-refractivity contribution in [3.63, 3.8) is 0 Å². The van der Waals surface area contributed by atoms with E-state index in [1.807, 2.05) is 0 Å². The van der Waals surface area contributed by atoms with E-state index in [2.05, 4.69) is 50.0 Å². The Labute approximate surface area is 92.7 Å². The van der Waals surface area contributed by atoms with Gasteiger partial charge in [-0.25, -0.2) is 0 Å². The quantitative estimate of drug-likeness (QED) is 0.788. The highest BCUT2D eigenvalue weighted by molar-refractivity contribution is 5.28. The predicted molar refractivity (Wildman–Crippen MR) is 63.9 cm³/mol. The second kappa shape index (κ2) is 4.01. The molecule has 0 bridgehead atoms. The van der Waals surface area contributed by atoms with E-state index in [4.69, 9.17) is 0 Å². The van der Waals surface area contributed by atoms with Gasteiger partial charge in [-0.3, -0.25) is 4.90 Å². The molecule has 1 aromatic heterocycles. The smallest absolute Gasteiger partial charge is 0.0388 e. The lowest BCUT2D eigenvalue weighted by molar-refractivity contribution is 0.115. The van der Waals surface area contributed by atoms with Gasteiger partial charge in [0.15, 0.2) is 0 Å². The maximum atomic E-state index is 3.40. The van der Waals surface area contributed by atoms with Gasteiger partial charge in [0.1, 0.15) is 0 Å². The summed E-state index contributed by atoms with van der Waals surface area (Å²) in [7, 11) is 2.27. The molecule has 2 atom stereocenters. The Balaban J connectivity index is 2.37. The summed E-state index contributed by atoms with van der Waals surface area (Å²) in [6.07, 6.45) is 4.50. The van der Waals surface area contributed by atoms with Gasteiger partial charge in [-0.05, 0) is 31.0 Å². The lowest BCUT2D eigenvalue weighted by atomic mass is 9.87. The van der Waals surface area contributed by atoms with Crippen LogP contribution < -0.4 is 0 Å². The maximum absolute atomic E-state index is 3.40. The van der Waals surface area contributed by atoms with Crippen LogP contribution in [0, 0.1) is 5.92 Å². The Morgan fingerprint density at radius 3 is 2.87 bits per heavy atom. The molecule has 1 aliphatic heterocycles. The van der Waals surface area contributed by atoms with Crippen LogP contribution in [0.2, 0.25) is 0 Å². The van der Waals surface area contributed by atoms with Crippen LogP contribution in [-0.4, -0.2) is 23.0 Å². The van der Waals surface area contributed by atoms with Gasteiger partial charge in [-0.2, -0.15) is 0 Å². The molecule has 2 heteroatoms. The van der Waals surface area contributed by atoms with E-state index in [-0.39, 0.29) is 0 Å². The molecule has 15 heavy (non-hydrogen) atoms. The molecule has 0 saturated heterocycles. The van der Waals surface area contributed by atoms with Crippen molar-refractivity contribution in [3.8, 4) is 0 Å². The average molecular weight is 206 g/mol. The van der Waals surface area contributed by atoms with Crippen LogP contribution in [0.4, 0.5) is 0 Å². The van der Waals surface area contributed by atoms with Gasteiger partial charge in [0.05, 0.1) is 0 Å². The molecule has 0 fully saturated rings. The Hall–Kier alpha value is -0.760. The van der Waals surface area contributed by atoms with Crippen LogP contribution in [0.15, 0.2) is 12.3 Å². The molecule has 2 heterocycles. The van der Waals surface area contributed by atoms with Crippen molar-refractivity contribution >= 4 is 0 Å². The summed E-state index contributed by atoms with van der Waals surface area (Å²) < 4.78 is 0. The molecule has 0 amide bonds. The minimum absolute atomic E-state index is 0.588. The maximum Gasteiger partial charge on any atom is 0.0388 e. The second-order valence-electron chi connectivity index (χ2n) is 5.03. The number of aromatic nitrogens is 1. The van der Waals surface area contributed by atoms with Crippen LogP contribution in [0.1, 0.15) is 44.5 Å². The van der Waals surface area contributed by atoms with Gasteiger partial charge in [-0.15, -0.1) is 0 Å². The summed E-state index contributed by atoms with van der Waals surface area (Å²) in [6, 6.07) is 3.54. The van der Waals surface area contributed by atoms with Crippen molar-refractivity contribution in [3.05, 3.63) is 23.5 Å². The number of fused-ring (bicyclic) bond motifs is 1. The van der Waals surface area contributed by atoms with E-state index < -0.39 is 0 Å². The highest BCUT2D eigenvalue weighted by Crippen LogP contribution is 2.36. The van der Waals surface area contributed by atoms with E-state index >= 15 is 0 Å². The van der Waals surface area contributed by atoms with Crippen molar-refractivity contribution in [1.29, 1.82) is 0 Å². The van der Waals surface area contributed by atoms with Crippen LogP contribution in [-0.2, 0) is 6.42 Å². The number of nitrogens with zero attached hydrogens (tertiary/aromatic N) is 1. The van der Waals surface area contributed by atoms with Crippen molar-refractivity contribution in [2.24, 2.45) is 5.92 Å². The first-order chi connectivity index (χ1) is 7.15. The van der Waals surface area contributed by atoms with Gasteiger partial charge in [0, 0.05) is 30.4 Å². The SMILES string of the molecule is CC[C@@H]1Cc2[nH]ccc2[C@@H](C(C)C)N1C. The molecule has 0 aliphatic carbocycles. The topological polar surface area (TPSA) is 19.0 Å². The van der Waals surface area contributed by atoms with Crippen LogP contribution in [0.25, 0.3) is 0 Å². The molecule has 2 nitrogen and oxygen atoms in total. The summed E-state index contributed by atoms with van der Waals surface area (Å²) in [5.41, 5.74) is 2.97. The molecule has 0 unspecified atom stereocenters. The molecule has 0 aromatic carbocycles. The van der Waals surface area contributed by atoms with Crippen molar-refractivity contribution < 1.29 is 0 Å². The first kappa shape index (κ1) is 10.7. The molecule has 84 valence electrons. The number of rotatable bonds is 2. The molecular weight excluding hydrogens is 184 g/mol. The van der Waals surface area contributed by atoms with Gasteiger partial charge >= 0.3 is 0 Å². The fraction of sp³-hybridized carbons (Fsp3) is 0.692. The molecule has 1 N–H and O–H groups in total. The Morgan fingerprint density at radius 2 is 2.27 bits per heavy atom. The minimum atomic E-state index is 0.588. The number of hydrogen-bond acceptors (Lipinski definition) is 1. The first-order valence-corrected chi connectivity index (χ1v) is 6.03. The molecule has 0 saturated carbocycles.